The molecule has 1 aromatic rings. The largest absolute Gasteiger partial charge is 0.506 e. The number of nitrogens with one attached hydrogen (secondary N) is 1. The van der Waals surface area contributed by atoms with Crippen molar-refractivity contribution in [3.63, 3.8) is 0 Å². The second-order valence-corrected chi connectivity index (χ2v) is 5.32. The number of aromatic hydroxyl groups is 1. The monoisotopic (exact) mass is 285 g/mol. The fourth-order valence-corrected chi connectivity index (χ4v) is 2.22. The van der Waals surface area contributed by atoms with Crippen LogP contribution < -0.4 is 5.32 Å². The molecule has 3 nitrogen and oxygen atoms in total. The molecule has 1 unspecified atom stereocenters. The van der Waals surface area contributed by atoms with Gasteiger partial charge in [0.15, 0.2) is 0 Å². The van der Waals surface area contributed by atoms with Crippen molar-refractivity contribution in [2.24, 2.45) is 0 Å². The van der Waals surface area contributed by atoms with Gasteiger partial charge in [-0.15, -0.1) is 0 Å². The number of halogens is 1. The average Bonchev–Trinajstić information content (AvgIpc) is 2.68. The van der Waals surface area contributed by atoms with Gasteiger partial charge >= 0.3 is 0 Å². The van der Waals surface area contributed by atoms with E-state index in [0.717, 1.165) is 29.7 Å². The first-order chi connectivity index (χ1) is 7.61. The Kier molecular flexibility index (Phi) is 3.52. The molecule has 16 heavy (non-hydrogen) atoms. The van der Waals surface area contributed by atoms with Gasteiger partial charge in [-0.2, -0.15) is 0 Å². The summed E-state index contributed by atoms with van der Waals surface area (Å²) in [5.74, 6) is 0.317. The average molecular weight is 286 g/mol. The van der Waals surface area contributed by atoms with Gasteiger partial charge in [-0.3, -0.25) is 0 Å². The van der Waals surface area contributed by atoms with Crippen molar-refractivity contribution in [2.45, 2.75) is 25.4 Å². The molecule has 1 aliphatic heterocycles. The second-order valence-electron chi connectivity index (χ2n) is 4.46. The smallest absolute Gasteiger partial charge is 0.134 e. The normalized spacial score (nSPS) is 24.9. The number of phenolic OH excluding ortho intramolecular Hbond substituents is 1. The van der Waals surface area contributed by atoms with Gasteiger partial charge in [0.05, 0.1) is 11.1 Å². The molecule has 1 aliphatic rings. The molecular weight excluding hydrogens is 270 g/mol. The van der Waals surface area contributed by atoms with Gasteiger partial charge in [0.25, 0.3) is 0 Å². The zero-order valence-corrected chi connectivity index (χ0v) is 10.9. The molecule has 0 aromatic heterocycles. The van der Waals surface area contributed by atoms with Gasteiger partial charge in [-0.25, -0.2) is 0 Å². The van der Waals surface area contributed by atoms with Crippen LogP contribution in [0.3, 0.4) is 0 Å². The predicted molar refractivity (Wildman–Crippen MR) is 66.5 cm³/mol. The SMILES string of the molecule is CC1(NCc2cccc(Br)c2O)CCOC1. The van der Waals surface area contributed by atoms with Crippen LogP contribution in [-0.4, -0.2) is 23.9 Å². The minimum Gasteiger partial charge on any atom is -0.506 e. The van der Waals surface area contributed by atoms with Crippen LogP contribution in [0.25, 0.3) is 0 Å². The summed E-state index contributed by atoms with van der Waals surface area (Å²) < 4.78 is 6.10. The summed E-state index contributed by atoms with van der Waals surface area (Å²) in [5.41, 5.74) is 0.942. The van der Waals surface area contributed by atoms with Crippen LogP contribution in [0.4, 0.5) is 0 Å². The van der Waals surface area contributed by atoms with Gasteiger partial charge in [0.2, 0.25) is 0 Å². The highest BCUT2D eigenvalue weighted by atomic mass is 79.9. The summed E-state index contributed by atoms with van der Waals surface area (Å²) >= 11 is 3.31. The maximum absolute atomic E-state index is 9.84. The van der Waals surface area contributed by atoms with E-state index in [-0.39, 0.29) is 5.54 Å². The van der Waals surface area contributed by atoms with Gasteiger partial charge in [-0.1, -0.05) is 12.1 Å². The highest BCUT2D eigenvalue weighted by Gasteiger charge is 2.28. The Morgan fingerprint density at radius 3 is 3.06 bits per heavy atom. The Morgan fingerprint density at radius 2 is 2.38 bits per heavy atom. The first kappa shape index (κ1) is 11.9. The minimum atomic E-state index is 0.0365. The number of hydrogen-bond donors (Lipinski definition) is 2. The third kappa shape index (κ3) is 2.56. The molecule has 1 saturated heterocycles. The lowest BCUT2D eigenvalue weighted by Crippen LogP contribution is -2.42. The third-order valence-corrected chi connectivity index (χ3v) is 3.63. The molecule has 2 rings (SSSR count). The standard InChI is InChI=1S/C12H16BrNO2/c1-12(5-6-16-8-12)14-7-9-3-2-4-10(13)11(9)15/h2-4,14-15H,5-8H2,1H3. The molecule has 88 valence electrons. The molecule has 0 spiro atoms. The molecule has 0 aliphatic carbocycles. The number of phenols is 1. The van der Waals surface area contributed by atoms with Crippen LogP contribution in [-0.2, 0) is 11.3 Å². The molecule has 1 heterocycles. The van der Waals surface area contributed by atoms with E-state index in [2.05, 4.69) is 28.2 Å². The fraction of sp³-hybridized carbons (Fsp3) is 0.500. The van der Waals surface area contributed by atoms with Crippen molar-refractivity contribution < 1.29 is 9.84 Å². The van der Waals surface area contributed by atoms with Crippen molar-refractivity contribution in [1.82, 2.24) is 5.32 Å². The molecule has 0 amide bonds. The fourth-order valence-electron chi connectivity index (χ4n) is 1.82. The van der Waals surface area contributed by atoms with Crippen LogP contribution in [0.2, 0.25) is 0 Å². The number of hydrogen-bond acceptors (Lipinski definition) is 3. The van der Waals surface area contributed by atoms with Gasteiger partial charge < -0.3 is 15.2 Å². The Labute approximate surface area is 104 Å². The Morgan fingerprint density at radius 1 is 1.56 bits per heavy atom. The summed E-state index contributed by atoms with van der Waals surface area (Å²) in [6, 6.07) is 5.68. The Hall–Kier alpha value is -0.580. The number of para-hydroxylation sites is 1. The van der Waals surface area contributed by atoms with E-state index in [4.69, 9.17) is 4.74 Å². The van der Waals surface area contributed by atoms with Crippen LogP contribution in [0.1, 0.15) is 18.9 Å². The molecule has 1 aromatic carbocycles. The van der Waals surface area contributed by atoms with Gasteiger partial charge in [-0.05, 0) is 35.3 Å². The molecule has 0 bridgehead atoms. The molecule has 0 radical (unpaired) electrons. The van der Waals surface area contributed by atoms with E-state index in [1.54, 1.807) is 0 Å². The van der Waals surface area contributed by atoms with E-state index >= 15 is 0 Å². The number of ether oxygens (including phenoxy) is 1. The lowest BCUT2D eigenvalue weighted by Gasteiger charge is -2.23. The van der Waals surface area contributed by atoms with E-state index in [1.165, 1.54) is 0 Å². The maximum atomic E-state index is 9.84. The first-order valence-electron chi connectivity index (χ1n) is 5.40. The third-order valence-electron chi connectivity index (χ3n) is 2.99. The summed E-state index contributed by atoms with van der Waals surface area (Å²) in [5, 5.41) is 13.3. The second kappa shape index (κ2) is 4.73. The topological polar surface area (TPSA) is 41.5 Å². The van der Waals surface area contributed by atoms with Crippen LogP contribution in [0.5, 0.6) is 5.75 Å². The van der Waals surface area contributed by atoms with Crippen LogP contribution >= 0.6 is 15.9 Å². The van der Waals surface area contributed by atoms with Gasteiger partial charge in [0, 0.05) is 24.3 Å². The van der Waals surface area contributed by atoms with Crippen molar-refractivity contribution >= 4 is 15.9 Å². The Balaban J connectivity index is 2.02. The predicted octanol–water partition coefficient (Wildman–Crippen LogP) is 2.42. The summed E-state index contributed by atoms with van der Waals surface area (Å²) in [6.45, 7) is 4.36. The van der Waals surface area contributed by atoms with Crippen molar-refractivity contribution in [1.29, 1.82) is 0 Å². The number of benzene rings is 1. The summed E-state index contributed by atoms with van der Waals surface area (Å²) in [4.78, 5) is 0. The van der Waals surface area contributed by atoms with E-state index in [1.807, 2.05) is 18.2 Å². The van der Waals surface area contributed by atoms with E-state index < -0.39 is 0 Å². The summed E-state index contributed by atoms with van der Waals surface area (Å²) in [7, 11) is 0. The van der Waals surface area contributed by atoms with Crippen molar-refractivity contribution in [3.05, 3.63) is 28.2 Å². The summed E-state index contributed by atoms with van der Waals surface area (Å²) in [6.07, 6.45) is 1.02. The lowest BCUT2D eigenvalue weighted by atomic mass is 10.0. The zero-order chi connectivity index (χ0) is 11.6. The highest BCUT2D eigenvalue weighted by molar-refractivity contribution is 9.10. The quantitative estimate of drug-likeness (QED) is 0.896. The molecule has 2 N–H and O–H groups in total. The van der Waals surface area contributed by atoms with Crippen molar-refractivity contribution in [2.75, 3.05) is 13.2 Å². The van der Waals surface area contributed by atoms with Crippen molar-refractivity contribution in [3.8, 4) is 5.75 Å². The zero-order valence-electron chi connectivity index (χ0n) is 9.29. The highest BCUT2D eigenvalue weighted by Crippen LogP contribution is 2.28. The number of rotatable bonds is 3. The lowest BCUT2D eigenvalue weighted by molar-refractivity contribution is 0.171. The molecular formula is C12H16BrNO2. The molecule has 0 saturated carbocycles. The molecule has 1 atom stereocenters. The van der Waals surface area contributed by atoms with Crippen LogP contribution in [0, 0.1) is 0 Å². The first-order valence-corrected chi connectivity index (χ1v) is 6.19. The molecule has 4 heteroatoms. The van der Waals surface area contributed by atoms with E-state index in [9.17, 15) is 5.11 Å². The van der Waals surface area contributed by atoms with Crippen LogP contribution in [0.15, 0.2) is 22.7 Å². The van der Waals surface area contributed by atoms with Gasteiger partial charge in [0.1, 0.15) is 5.75 Å². The molecule has 1 fully saturated rings. The van der Waals surface area contributed by atoms with E-state index in [0.29, 0.717) is 12.3 Å². The maximum Gasteiger partial charge on any atom is 0.134 e. The minimum absolute atomic E-state index is 0.0365. The Bertz CT molecular complexity index is 375.